The monoisotopic (exact) mass is 321 g/mol. The Bertz CT molecular complexity index is 751. The Hall–Kier alpha value is -1.06. The van der Waals surface area contributed by atoms with Gasteiger partial charge in [-0.1, -0.05) is 47.5 Å². The third kappa shape index (κ3) is 2.70. The van der Waals surface area contributed by atoms with Crippen molar-refractivity contribution in [3.8, 4) is 0 Å². The summed E-state index contributed by atoms with van der Waals surface area (Å²) in [6, 6.07) is 13.7. The van der Waals surface area contributed by atoms with E-state index in [0.29, 0.717) is 10.0 Å². The minimum atomic E-state index is -0.127. The first-order valence-electron chi connectivity index (χ1n) is 6.31. The van der Waals surface area contributed by atoms with Gasteiger partial charge in [0.2, 0.25) is 0 Å². The normalized spacial score (nSPS) is 12.8. The van der Waals surface area contributed by atoms with Crippen LogP contribution in [0.15, 0.2) is 47.8 Å². The van der Waals surface area contributed by atoms with Crippen LogP contribution in [0.5, 0.6) is 0 Å². The largest absolute Gasteiger partial charge is 0.324 e. The molecule has 1 nitrogen and oxygen atoms in total. The zero-order valence-electron chi connectivity index (χ0n) is 10.6. The fourth-order valence-corrected chi connectivity index (χ4v) is 3.86. The maximum Gasteiger partial charge on any atom is 0.0468 e. The van der Waals surface area contributed by atoms with Gasteiger partial charge in [0.25, 0.3) is 0 Å². The molecular formula is C16H13Cl2NS. The summed E-state index contributed by atoms with van der Waals surface area (Å²) < 4.78 is 1.29. The first-order valence-corrected chi connectivity index (χ1v) is 7.94. The van der Waals surface area contributed by atoms with E-state index in [4.69, 9.17) is 28.9 Å². The van der Waals surface area contributed by atoms with Gasteiger partial charge in [-0.3, -0.25) is 0 Å². The Labute approximate surface area is 131 Å². The molecule has 0 saturated carbocycles. The lowest BCUT2D eigenvalue weighted by Crippen LogP contribution is -2.13. The van der Waals surface area contributed by atoms with Gasteiger partial charge in [0.05, 0.1) is 0 Å². The minimum absolute atomic E-state index is 0.127. The number of fused-ring (bicyclic) bond motifs is 1. The van der Waals surface area contributed by atoms with Crippen LogP contribution in [0.1, 0.15) is 17.2 Å². The topological polar surface area (TPSA) is 26.0 Å². The van der Waals surface area contributed by atoms with Crippen molar-refractivity contribution >= 4 is 44.6 Å². The third-order valence-corrected chi connectivity index (χ3v) is 4.94. The van der Waals surface area contributed by atoms with Crippen molar-refractivity contribution in [3.05, 3.63) is 69.0 Å². The molecule has 0 spiro atoms. The average Bonchev–Trinajstić information content (AvgIpc) is 2.82. The van der Waals surface area contributed by atoms with Crippen molar-refractivity contribution in [2.75, 3.05) is 0 Å². The van der Waals surface area contributed by atoms with E-state index < -0.39 is 0 Å². The van der Waals surface area contributed by atoms with Crippen molar-refractivity contribution in [3.63, 3.8) is 0 Å². The van der Waals surface area contributed by atoms with Gasteiger partial charge in [-0.15, -0.1) is 11.3 Å². The highest BCUT2D eigenvalue weighted by molar-refractivity contribution is 7.17. The van der Waals surface area contributed by atoms with Crippen LogP contribution in [0.25, 0.3) is 10.1 Å². The molecule has 1 heterocycles. The van der Waals surface area contributed by atoms with Crippen LogP contribution in [-0.2, 0) is 6.42 Å². The van der Waals surface area contributed by atoms with Crippen molar-refractivity contribution in [1.29, 1.82) is 0 Å². The number of hydrogen-bond donors (Lipinski definition) is 1. The summed E-state index contributed by atoms with van der Waals surface area (Å²) in [6.07, 6.45) is 0.769. The molecule has 3 rings (SSSR count). The fourth-order valence-electron chi connectivity index (χ4n) is 2.34. The molecule has 4 heteroatoms. The van der Waals surface area contributed by atoms with Crippen LogP contribution < -0.4 is 5.73 Å². The van der Waals surface area contributed by atoms with Gasteiger partial charge < -0.3 is 5.73 Å². The third-order valence-electron chi connectivity index (χ3n) is 3.36. The predicted molar refractivity (Wildman–Crippen MR) is 88.9 cm³/mol. The first kappa shape index (κ1) is 13.9. The molecule has 102 valence electrons. The van der Waals surface area contributed by atoms with E-state index >= 15 is 0 Å². The molecule has 2 N–H and O–H groups in total. The summed E-state index contributed by atoms with van der Waals surface area (Å²) >= 11 is 13.9. The van der Waals surface area contributed by atoms with Crippen molar-refractivity contribution in [2.24, 2.45) is 5.73 Å². The van der Waals surface area contributed by atoms with Crippen LogP contribution >= 0.6 is 34.5 Å². The van der Waals surface area contributed by atoms with E-state index in [1.54, 1.807) is 17.4 Å². The fraction of sp³-hybridized carbons (Fsp3) is 0.125. The Morgan fingerprint density at radius 1 is 1.10 bits per heavy atom. The number of halogens is 2. The van der Waals surface area contributed by atoms with Crippen molar-refractivity contribution in [1.82, 2.24) is 0 Å². The Morgan fingerprint density at radius 3 is 2.70 bits per heavy atom. The van der Waals surface area contributed by atoms with E-state index in [9.17, 15) is 0 Å². The SMILES string of the molecule is NC(Cc1csc2ccccc12)c1ccc(Cl)cc1Cl. The maximum absolute atomic E-state index is 6.31. The van der Waals surface area contributed by atoms with Crippen LogP contribution in [0.3, 0.4) is 0 Å². The lowest BCUT2D eigenvalue weighted by Gasteiger charge is -2.13. The number of hydrogen-bond acceptors (Lipinski definition) is 2. The molecule has 3 aromatic rings. The molecule has 0 saturated heterocycles. The summed E-state index contributed by atoms with van der Waals surface area (Å²) in [5, 5.41) is 4.71. The summed E-state index contributed by atoms with van der Waals surface area (Å²) in [5.74, 6) is 0. The van der Waals surface area contributed by atoms with Gasteiger partial charge in [-0.2, -0.15) is 0 Å². The number of nitrogens with two attached hydrogens (primary N) is 1. The van der Waals surface area contributed by atoms with Crippen LogP contribution in [0.4, 0.5) is 0 Å². The quantitative estimate of drug-likeness (QED) is 0.681. The molecule has 20 heavy (non-hydrogen) atoms. The van der Waals surface area contributed by atoms with Crippen LogP contribution in [-0.4, -0.2) is 0 Å². The number of thiophene rings is 1. The van der Waals surface area contributed by atoms with E-state index in [1.165, 1.54) is 15.6 Å². The molecule has 2 aromatic carbocycles. The van der Waals surface area contributed by atoms with E-state index in [-0.39, 0.29) is 6.04 Å². The van der Waals surface area contributed by atoms with Gasteiger partial charge in [0.15, 0.2) is 0 Å². The second-order valence-electron chi connectivity index (χ2n) is 4.73. The molecular weight excluding hydrogens is 309 g/mol. The number of rotatable bonds is 3. The second kappa shape index (κ2) is 5.74. The predicted octanol–water partition coefficient (Wildman–Crippen LogP) is 5.45. The van der Waals surface area contributed by atoms with Crippen molar-refractivity contribution in [2.45, 2.75) is 12.5 Å². The molecule has 0 bridgehead atoms. The molecule has 0 aliphatic heterocycles. The zero-order chi connectivity index (χ0) is 14.1. The molecule has 1 atom stereocenters. The van der Waals surface area contributed by atoms with E-state index in [0.717, 1.165) is 12.0 Å². The molecule has 0 aliphatic rings. The highest BCUT2D eigenvalue weighted by atomic mass is 35.5. The Kier molecular flexibility index (Phi) is 3.99. The van der Waals surface area contributed by atoms with Crippen LogP contribution in [0, 0.1) is 0 Å². The maximum atomic E-state index is 6.31. The van der Waals surface area contributed by atoms with Crippen molar-refractivity contribution < 1.29 is 0 Å². The summed E-state index contributed by atoms with van der Waals surface area (Å²) in [5.41, 5.74) is 8.51. The molecule has 0 radical (unpaired) electrons. The number of benzene rings is 2. The Balaban J connectivity index is 1.90. The van der Waals surface area contributed by atoms with Gasteiger partial charge in [0, 0.05) is 20.8 Å². The lowest BCUT2D eigenvalue weighted by atomic mass is 9.99. The standard InChI is InChI=1S/C16H13Cl2NS/c17-11-5-6-13(14(18)8-11)15(19)7-10-9-20-16-4-2-1-3-12(10)16/h1-6,8-9,15H,7,19H2. The summed E-state index contributed by atoms with van der Waals surface area (Å²) in [7, 11) is 0. The highest BCUT2D eigenvalue weighted by Crippen LogP contribution is 2.31. The first-order chi connectivity index (χ1) is 9.65. The Morgan fingerprint density at radius 2 is 1.90 bits per heavy atom. The molecule has 1 unspecified atom stereocenters. The van der Waals surface area contributed by atoms with Gasteiger partial charge in [-0.05, 0) is 46.5 Å². The minimum Gasteiger partial charge on any atom is -0.324 e. The molecule has 0 aliphatic carbocycles. The van der Waals surface area contributed by atoms with Gasteiger partial charge >= 0.3 is 0 Å². The molecule has 0 amide bonds. The molecule has 1 aromatic heterocycles. The van der Waals surface area contributed by atoms with Gasteiger partial charge in [0.1, 0.15) is 0 Å². The lowest BCUT2D eigenvalue weighted by molar-refractivity contribution is 0.727. The van der Waals surface area contributed by atoms with Crippen LogP contribution in [0.2, 0.25) is 10.0 Å². The molecule has 0 fully saturated rings. The van der Waals surface area contributed by atoms with E-state index in [2.05, 4.69) is 29.6 Å². The highest BCUT2D eigenvalue weighted by Gasteiger charge is 2.13. The smallest absolute Gasteiger partial charge is 0.0468 e. The van der Waals surface area contributed by atoms with E-state index in [1.807, 2.05) is 12.1 Å². The van der Waals surface area contributed by atoms with Gasteiger partial charge in [-0.25, -0.2) is 0 Å². The summed E-state index contributed by atoms with van der Waals surface area (Å²) in [4.78, 5) is 0. The zero-order valence-corrected chi connectivity index (χ0v) is 13.0. The average molecular weight is 322 g/mol. The summed E-state index contributed by atoms with van der Waals surface area (Å²) in [6.45, 7) is 0. The second-order valence-corrected chi connectivity index (χ2v) is 6.49.